The van der Waals surface area contributed by atoms with Crippen LogP contribution >= 0.6 is 11.3 Å². The van der Waals surface area contributed by atoms with Gasteiger partial charge in [-0.05, 0) is 42.8 Å². The summed E-state index contributed by atoms with van der Waals surface area (Å²) in [5, 5.41) is 12.1. The Bertz CT molecular complexity index is 1470. The van der Waals surface area contributed by atoms with E-state index in [4.69, 9.17) is 15.7 Å². The molecule has 0 spiro atoms. The van der Waals surface area contributed by atoms with Gasteiger partial charge in [0.25, 0.3) is 10.0 Å². The number of fused-ring (bicyclic) bond motifs is 1. The molecule has 0 radical (unpaired) electrons. The Morgan fingerprint density at radius 1 is 1.09 bits per heavy atom. The van der Waals surface area contributed by atoms with E-state index in [1.807, 2.05) is 19.1 Å². The van der Waals surface area contributed by atoms with Gasteiger partial charge in [-0.25, -0.2) is 18.4 Å². The van der Waals surface area contributed by atoms with Gasteiger partial charge in [0.1, 0.15) is 20.9 Å². The Labute approximate surface area is 188 Å². The minimum absolute atomic E-state index is 0.00418. The Morgan fingerprint density at radius 2 is 1.78 bits per heavy atom. The van der Waals surface area contributed by atoms with Crippen LogP contribution in [0.1, 0.15) is 10.4 Å². The maximum atomic E-state index is 12.9. The number of benzene rings is 2. The van der Waals surface area contributed by atoms with Crippen molar-refractivity contribution in [2.45, 2.75) is 11.1 Å². The van der Waals surface area contributed by atoms with Gasteiger partial charge in [0.15, 0.2) is 11.6 Å². The second-order valence-corrected chi connectivity index (χ2v) is 9.77. The predicted octanol–water partition coefficient (Wildman–Crippen LogP) is 4.01. The number of ether oxygens (including phenoxy) is 1. The van der Waals surface area contributed by atoms with Crippen LogP contribution in [0.25, 0.3) is 11.0 Å². The number of hydrogen-bond acceptors (Lipinski definition) is 9. The Hall–Kier alpha value is -3.88. The first kappa shape index (κ1) is 21.4. The summed E-state index contributed by atoms with van der Waals surface area (Å²) in [6, 6.07) is 15.3. The molecule has 2 heterocycles. The molecule has 11 heteroatoms. The summed E-state index contributed by atoms with van der Waals surface area (Å²) in [6.07, 6.45) is 0. The van der Waals surface area contributed by atoms with E-state index in [0.717, 1.165) is 16.9 Å². The van der Waals surface area contributed by atoms with Crippen molar-refractivity contribution in [1.82, 2.24) is 9.97 Å². The summed E-state index contributed by atoms with van der Waals surface area (Å²) in [5.41, 5.74) is 9.04. The van der Waals surface area contributed by atoms with Crippen LogP contribution in [-0.4, -0.2) is 25.5 Å². The van der Waals surface area contributed by atoms with Crippen LogP contribution in [0.3, 0.4) is 0 Å². The fraction of sp³-hybridized carbons (Fsp3) is 0.0952. The fourth-order valence-corrected chi connectivity index (χ4v) is 5.09. The highest BCUT2D eigenvalue weighted by Crippen LogP contribution is 2.34. The van der Waals surface area contributed by atoms with Gasteiger partial charge in [-0.1, -0.05) is 12.1 Å². The minimum atomic E-state index is -4.00. The molecule has 0 atom stereocenters. The number of thiophene rings is 1. The lowest BCUT2D eigenvalue weighted by Gasteiger charge is -2.16. The van der Waals surface area contributed by atoms with Crippen molar-refractivity contribution < 1.29 is 13.2 Å². The number of sulfonamides is 1. The van der Waals surface area contributed by atoms with E-state index in [9.17, 15) is 8.42 Å². The smallest absolute Gasteiger partial charge is 0.272 e. The molecule has 0 aliphatic heterocycles. The monoisotopic (exact) mass is 466 g/mol. The number of nitriles is 1. The summed E-state index contributed by atoms with van der Waals surface area (Å²) in [7, 11) is -2.46. The van der Waals surface area contributed by atoms with Gasteiger partial charge in [0.05, 0.1) is 29.5 Å². The Morgan fingerprint density at radius 3 is 2.41 bits per heavy atom. The van der Waals surface area contributed by atoms with E-state index in [2.05, 4.69) is 20.0 Å². The summed E-state index contributed by atoms with van der Waals surface area (Å²) in [5.74, 6) is 0.747. The highest BCUT2D eigenvalue weighted by molar-refractivity contribution is 7.94. The zero-order chi connectivity index (χ0) is 22.9. The molecule has 0 amide bonds. The van der Waals surface area contributed by atoms with Crippen LogP contribution in [-0.2, 0) is 10.0 Å². The fourth-order valence-electron chi connectivity index (χ4n) is 2.97. The van der Waals surface area contributed by atoms with E-state index < -0.39 is 10.0 Å². The summed E-state index contributed by atoms with van der Waals surface area (Å²) in [4.78, 5) is 9.29. The molecule has 32 heavy (non-hydrogen) atoms. The van der Waals surface area contributed by atoms with Crippen LogP contribution in [0.4, 0.5) is 23.0 Å². The number of para-hydroxylation sites is 2. The van der Waals surface area contributed by atoms with E-state index in [1.165, 1.54) is 12.1 Å². The standard InChI is InChI=1S/C21H18N6O3S2/c1-12-9-13(30-2)10-17(19(12)23)26-20-21(25-16-6-4-3-5-15(16)24-20)27-32(28,29)18-8-7-14(11-22)31-18/h3-10H,23H2,1-2H3,(H,24,26)(H,25,27). The number of aromatic nitrogens is 2. The minimum Gasteiger partial charge on any atom is -0.497 e. The highest BCUT2D eigenvalue weighted by Gasteiger charge is 2.21. The first-order chi connectivity index (χ1) is 15.3. The zero-order valence-electron chi connectivity index (χ0n) is 17.1. The molecule has 162 valence electrons. The van der Waals surface area contributed by atoms with Crippen LogP contribution < -0.4 is 20.5 Å². The maximum Gasteiger partial charge on any atom is 0.272 e. The largest absolute Gasteiger partial charge is 0.497 e. The molecule has 0 saturated heterocycles. The molecule has 0 bridgehead atoms. The average molecular weight is 467 g/mol. The molecule has 0 fully saturated rings. The van der Waals surface area contributed by atoms with Crippen molar-refractivity contribution in [2.75, 3.05) is 22.9 Å². The predicted molar refractivity (Wildman–Crippen MR) is 125 cm³/mol. The molecule has 2 aromatic carbocycles. The lowest BCUT2D eigenvalue weighted by molar-refractivity contribution is 0.415. The van der Waals surface area contributed by atoms with Gasteiger partial charge in [-0.15, -0.1) is 11.3 Å². The van der Waals surface area contributed by atoms with Gasteiger partial charge >= 0.3 is 0 Å². The molecule has 4 N–H and O–H groups in total. The number of anilines is 4. The van der Waals surface area contributed by atoms with E-state index >= 15 is 0 Å². The summed E-state index contributed by atoms with van der Waals surface area (Å²) < 4.78 is 33.7. The van der Waals surface area contributed by atoms with Gasteiger partial charge < -0.3 is 15.8 Å². The quantitative estimate of drug-likeness (QED) is 0.362. The molecule has 0 unspecified atom stereocenters. The molecular formula is C21H18N6O3S2. The van der Waals surface area contributed by atoms with E-state index in [-0.39, 0.29) is 20.7 Å². The first-order valence-corrected chi connectivity index (χ1v) is 11.6. The zero-order valence-corrected chi connectivity index (χ0v) is 18.7. The second-order valence-electron chi connectivity index (χ2n) is 6.78. The number of nitrogens with two attached hydrogens (primary N) is 1. The Kier molecular flexibility index (Phi) is 5.56. The third-order valence-corrected chi connectivity index (χ3v) is 7.43. The molecular weight excluding hydrogens is 448 g/mol. The van der Waals surface area contributed by atoms with Gasteiger partial charge in [-0.2, -0.15) is 5.26 Å². The molecule has 0 saturated carbocycles. The highest BCUT2D eigenvalue weighted by atomic mass is 32.2. The number of nitrogens with one attached hydrogen (secondary N) is 2. The van der Waals surface area contributed by atoms with Crippen molar-refractivity contribution in [2.24, 2.45) is 0 Å². The second kappa shape index (κ2) is 8.33. The average Bonchev–Trinajstić information content (AvgIpc) is 3.27. The van der Waals surface area contributed by atoms with E-state index in [0.29, 0.717) is 28.2 Å². The lowest BCUT2D eigenvalue weighted by Crippen LogP contribution is -2.15. The normalized spacial score (nSPS) is 11.2. The molecule has 0 aliphatic carbocycles. The molecule has 2 aromatic heterocycles. The third kappa shape index (κ3) is 4.14. The van der Waals surface area contributed by atoms with Crippen molar-refractivity contribution in [3.05, 3.63) is 59.0 Å². The van der Waals surface area contributed by atoms with Crippen LogP contribution in [0.2, 0.25) is 0 Å². The van der Waals surface area contributed by atoms with Crippen molar-refractivity contribution in [3.8, 4) is 11.8 Å². The van der Waals surface area contributed by atoms with Crippen molar-refractivity contribution >= 4 is 55.4 Å². The molecule has 0 aliphatic rings. The summed E-state index contributed by atoms with van der Waals surface area (Å²) in [6.45, 7) is 1.84. The van der Waals surface area contributed by atoms with Gasteiger partial charge in [0.2, 0.25) is 0 Å². The van der Waals surface area contributed by atoms with Crippen molar-refractivity contribution in [3.63, 3.8) is 0 Å². The van der Waals surface area contributed by atoms with Crippen molar-refractivity contribution in [1.29, 1.82) is 5.26 Å². The number of aryl methyl sites for hydroxylation is 1. The number of nitrogens with zero attached hydrogens (tertiary/aromatic N) is 3. The third-order valence-electron chi connectivity index (χ3n) is 4.61. The topological polar surface area (TPSA) is 143 Å². The summed E-state index contributed by atoms with van der Waals surface area (Å²) >= 11 is 0.865. The van der Waals surface area contributed by atoms with Crippen LogP contribution in [0.5, 0.6) is 5.75 Å². The Balaban J connectivity index is 1.81. The van der Waals surface area contributed by atoms with E-state index in [1.54, 1.807) is 37.4 Å². The molecule has 4 rings (SSSR count). The molecule has 9 nitrogen and oxygen atoms in total. The first-order valence-electron chi connectivity index (χ1n) is 9.31. The maximum absolute atomic E-state index is 12.9. The van der Waals surface area contributed by atoms with Crippen LogP contribution in [0, 0.1) is 18.3 Å². The lowest BCUT2D eigenvalue weighted by atomic mass is 10.1. The number of methoxy groups -OCH3 is 1. The number of hydrogen-bond donors (Lipinski definition) is 3. The SMILES string of the molecule is COc1cc(C)c(N)c(Nc2nc3ccccc3nc2NS(=O)(=O)c2ccc(C#N)s2)c1. The van der Waals surface area contributed by atoms with Crippen LogP contribution in [0.15, 0.2) is 52.7 Å². The number of rotatable bonds is 6. The van der Waals surface area contributed by atoms with Gasteiger partial charge in [0, 0.05) is 6.07 Å². The number of nitrogen functional groups attached to an aromatic ring is 1. The molecule has 4 aromatic rings. The van der Waals surface area contributed by atoms with Gasteiger partial charge in [-0.3, -0.25) is 4.72 Å².